The summed E-state index contributed by atoms with van der Waals surface area (Å²) in [6.45, 7) is 7.08. The maximum absolute atomic E-state index is 2.40. The zero-order chi connectivity index (χ0) is 9.42. The molecule has 0 N–H and O–H groups in total. The van der Waals surface area contributed by atoms with Gasteiger partial charge in [0.2, 0.25) is 0 Å². The zero-order valence-electron chi connectivity index (χ0n) is 8.46. The molecule has 0 saturated heterocycles. The third-order valence-corrected chi connectivity index (χ3v) is 4.55. The van der Waals surface area contributed by atoms with Crippen LogP contribution in [-0.4, -0.2) is 8.80 Å². The molecule has 0 spiro atoms. The van der Waals surface area contributed by atoms with Gasteiger partial charge in [0.1, 0.15) is 0 Å². The summed E-state index contributed by atoms with van der Waals surface area (Å²) in [5, 5.41) is 1.67. The van der Waals surface area contributed by atoms with E-state index in [2.05, 4.69) is 50.4 Å². The fraction of sp³-hybridized carbons (Fsp3) is 0.333. The molecule has 0 saturated carbocycles. The maximum atomic E-state index is 2.40. The van der Waals surface area contributed by atoms with Crippen molar-refractivity contribution in [3.05, 3.63) is 40.6 Å². The second kappa shape index (κ2) is 3.15. The van der Waals surface area contributed by atoms with Gasteiger partial charge in [-0.25, -0.2) is 0 Å². The molecule has 1 aliphatic rings. The average Bonchev–Trinajstić information content (AvgIpc) is 2.45. The molecule has 0 bridgehead atoms. The van der Waals surface area contributed by atoms with Gasteiger partial charge in [-0.15, -0.1) is 0 Å². The van der Waals surface area contributed by atoms with Crippen molar-refractivity contribution in [2.75, 3.05) is 0 Å². The van der Waals surface area contributed by atoms with E-state index in [1.54, 1.807) is 5.20 Å². The van der Waals surface area contributed by atoms with E-state index in [1.165, 1.54) is 11.1 Å². The van der Waals surface area contributed by atoms with Gasteiger partial charge in [-0.1, -0.05) is 55.6 Å². The lowest BCUT2D eigenvalue weighted by atomic mass is 10.0. The molecular weight excluding hydrogens is 172 g/mol. The predicted molar refractivity (Wildman–Crippen MR) is 60.3 cm³/mol. The lowest BCUT2D eigenvalue weighted by Gasteiger charge is -2.12. The van der Waals surface area contributed by atoms with Gasteiger partial charge in [-0.3, -0.25) is 0 Å². The Hall–Kier alpha value is -0.823. The molecule has 1 aliphatic carbocycles. The van der Waals surface area contributed by atoms with Crippen molar-refractivity contribution in [1.82, 2.24) is 0 Å². The fourth-order valence-corrected chi connectivity index (χ4v) is 3.54. The zero-order valence-corrected chi connectivity index (χ0v) is 9.46. The summed E-state index contributed by atoms with van der Waals surface area (Å²) >= 11 is 0. The van der Waals surface area contributed by atoms with Crippen LogP contribution in [0.2, 0.25) is 13.1 Å². The standard InChI is InChI=1S/C12H15Si/c1-9-11-7-5-4-6-10(11)8-12(9)13(2)3/h4-9H,1-3H3. The minimum atomic E-state index is -0.266. The maximum Gasteiger partial charge on any atom is 0.0745 e. The Labute approximate surface area is 81.9 Å². The predicted octanol–water partition coefficient (Wildman–Crippen LogP) is 3.48. The molecule has 0 nitrogen and oxygen atoms in total. The van der Waals surface area contributed by atoms with E-state index in [1.807, 2.05) is 0 Å². The monoisotopic (exact) mass is 187 g/mol. The van der Waals surface area contributed by atoms with Gasteiger partial charge in [0, 0.05) is 0 Å². The van der Waals surface area contributed by atoms with E-state index in [0.29, 0.717) is 5.92 Å². The Kier molecular flexibility index (Phi) is 2.12. The second-order valence-corrected chi connectivity index (χ2v) is 6.53. The van der Waals surface area contributed by atoms with E-state index in [-0.39, 0.29) is 8.80 Å². The highest BCUT2D eigenvalue weighted by Gasteiger charge is 2.22. The van der Waals surface area contributed by atoms with Crippen molar-refractivity contribution < 1.29 is 0 Å². The summed E-state index contributed by atoms with van der Waals surface area (Å²) in [4.78, 5) is 0. The minimum absolute atomic E-state index is 0.266. The molecule has 1 atom stereocenters. The van der Waals surface area contributed by atoms with Crippen LogP contribution in [0.3, 0.4) is 0 Å². The van der Waals surface area contributed by atoms with Crippen LogP contribution in [0, 0.1) is 0 Å². The number of allylic oxidation sites excluding steroid dienone is 1. The molecule has 1 heteroatoms. The molecule has 0 fully saturated rings. The normalized spacial score (nSPS) is 20.3. The van der Waals surface area contributed by atoms with Gasteiger partial charge in [-0.05, 0) is 17.0 Å². The van der Waals surface area contributed by atoms with Crippen LogP contribution in [-0.2, 0) is 0 Å². The SMILES string of the molecule is CC1C([Si](C)C)=Cc2ccccc21. The quantitative estimate of drug-likeness (QED) is 0.590. The van der Waals surface area contributed by atoms with Crippen LogP contribution >= 0.6 is 0 Å². The number of hydrogen-bond donors (Lipinski definition) is 0. The van der Waals surface area contributed by atoms with E-state index in [0.717, 1.165) is 0 Å². The van der Waals surface area contributed by atoms with Crippen molar-refractivity contribution in [1.29, 1.82) is 0 Å². The first-order valence-corrected chi connectivity index (χ1v) is 7.31. The summed E-state index contributed by atoms with van der Waals surface area (Å²) in [7, 11) is -0.266. The van der Waals surface area contributed by atoms with Crippen molar-refractivity contribution in [3.8, 4) is 0 Å². The summed E-state index contributed by atoms with van der Waals surface area (Å²) in [5.74, 6) is 0.667. The molecule has 0 aliphatic heterocycles. The van der Waals surface area contributed by atoms with E-state index in [4.69, 9.17) is 0 Å². The lowest BCUT2D eigenvalue weighted by molar-refractivity contribution is 0.965. The molecule has 0 amide bonds. The van der Waals surface area contributed by atoms with Gasteiger partial charge >= 0.3 is 0 Å². The van der Waals surface area contributed by atoms with Gasteiger partial charge in [-0.2, -0.15) is 0 Å². The van der Waals surface area contributed by atoms with Crippen LogP contribution < -0.4 is 0 Å². The Balaban J connectivity index is 2.44. The molecule has 1 radical (unpaired) electrons. The molecule has 13 heavy (non-hydrogen) atoms. The van der Waals surface area contributed by atoms with Crippen LogP contribution in [0.25, 0.3) is 6.08 Å². The van der Waals surface area contributed by atoms with Gasteiger partial charge < -0.3 is 0 Å². The molecule has 0 heterocycles. The Bertz CT molecular complexity index is 350. The third-order valence-electron chi connectivity index (χ3n) is 2.82. The van der Waals surface area contributed by atoms with Crippen LogP contribution in [0.15, 0.2) is 29.5 Å². The molecule has 1 unspecified atom stereocenters. The van der Waals surface area contributed by atoms with Gasteiger partial charge in [0.15, 0.2) is 0 Å². The number of benzene rings is 1. The minimum Gasteiger partial charge on any atom is -0.0755 e. The molecular formula is C12H15Si. The number of fused-ring (bicyclic) bond motifs is 1. The van der Waals surface area contributed by atoms with Crippen LogP contribution in [0.5, 0.6) is 0 Å². The van der Waals surface area contributed by atoms with Crippen LogP contribution in [0.4, 0.5) is 0 Å². The molecule has 0 aromatic heterocycles. The number of rotatable bonds is 1. The molecule has 2 rings (SSSR count). The fourth-order valence-electron chi connectivity index (χ4n) is 2.07. The second-order valence-electron chi connectivity index (χ2n) is 3.95. The topological polar surface area (TPSA) is 0 Å². The summed E-state index contributed by atoms with van der Waals surface area (Å²) in [6.07, 6.45) is 2.40. The van der Waals surface area contributed by atoms with E-state index < -0.39 is 0 Å². The van der Waals surface area contributed by atoms with Crippen molar-refractivity contribution >= 4 is 14.9 Å². The Morgan fingerprint density at radius 3 is 2.46 bits per heavy atom. The highest BCUT2D eigenvalue weighted by atomic mass is 28.3. The number of hydrogen-bond acceptors (Lipinski definition) is 0. The first-order chi connectivity index (χ1) is 6.20. The Morgan fingerprint density at radius 1 is 1.15 bits per heavy atom. The lowest BCUT2D eigenvalue weighted by Crippen LogP contribution is -2.08. The Morgan fingerprint density at radius 2 is 1.85 bits per heavy atom. The average molecular weight is 187 g/mol. The van der Waals surface area contributed by atoms with Crippen LogP contribution in [0.1, 0.15) is 24.0 Å². The van der Waals surface area contributed by atoms with E-state index >= 15 is 0 Å². The van der Waals surface area contributed by atoms with Crippen molar-refractivity contribution in [3.63, 3.8) is 0 Å². The first-order valence-electron chi connectivity index (χ1n) is 4.81. The smallest absolute Gasteiger partial charge is 0.0745 e. The van der Waals surface area contributed by atoms with E-state index in [9.17, 15) is 0 Å². The first kappa shape index (κ1) is 8.76. The summed E-state index contributed by atoms with van der Waals surface area (Å²) in [5.41, 5.74) is 2.96. The third kappa shape index (κ3) is 1.37. The van der Waals surface area contributed by atoms with Gasteiger partial charge in [0.05, 0.1) is 8.80 Å². The highest BCUT2D eigenvalue weighted by molar-refractivity contribution is 6.65. The molecule has 1 aromatic rings. The summed E-state index contributed by atoms with van der Waals surface area (Å²) < 4.78 is 0. The highest BCUT2D eigenvalue weighted by Crippen LogP contribution is 2.36. The largest absolute Gasteiger partial charge is 0.0755 e. The molecule has 67 valence electrons. The molecule has 1 aromatic carbocycles. The van der Waals surface area contributed by atoms with Gasteiger partial charge in [0.25, 0.3) is 0 Å². The van der Waals surface area contributed by atoms with Crippen molar-refractivity contribution in [2.45, 2.75) is 25.9 Å². The summed E-state index contributed by atoms with van der Waals surface area (Å²) in [6, 6.07) is 8.75. The van der Waals surface area contributed by atoms with Crippen molar-refractivity contribution in [2.24, 2.45) is 0 Å².